The zero-order valence-corrected chi connectivity index (χ0v) is 14.3. The molecule has 0 unspecified atom stereocenters. The van der Waals surface area contributed by atoms with Gasteiger partial charge in [-0.1, -0.05) is 18.9 Å². The van der Waals surface area contributed by atoms with Crippen molar-refractivity contribution in [3.05, 3.63) is 35.1 Å². The summed E-state index contributed by atoms with van der Waals surface area (Å²) in [4.78, 5) is 13.9. The highest BCUT2D eigenvalue weighted by atomic mass is 19.4. The van der Waals surface area contributed by atoms with Gasteiger partial charge < -0.3 is 15.3 Å². The molecule has 2 amide bonds. The predicted octanol–water partition coefficient (Wildman–Crippen LogP) is 3.68. The SMILES string of the molecule is O=C(NCc1ccc(F)c(C(F)(F)F)c1)N1CC[C@@]2(O)CCCC[C@H]2C1. The maximum atomic E-state index is 13.3. The Morgan fingerprint density at radius 3 is 2.81 bits per heavy atom. The van der Waals surface area contributed by atoms with Crippen molar-refractivity contribution < 1.29 is 27.5 Å². The van der Waals surface area contributed by atoms with Crippen molar-refractivity contribution in [1.82, 2.24) is 10.2 Å². The van der Waals surface area contributed by atoms with Gasteiger partial charge in [0.1, 0.15) is 5.82 Å². The number of urea groups is 1. The molecule has 1 aromatic carbocycles. The molecule has 1 aliphatic carbocycles. The van der Waals surface area contributed by atoms with Crippen molar-refractivity contribution in [1.29, 1.82) is 0 Å². The van der Waals surface area contributed by atoms with Crippen LogP contribution in [-0.2, 0) is 12.7 Å². The fourth-order valence-corrected chi connectivity index (χ4v) is 3.94. The Morgan fingerprint density at radius 2 is 2.08 bits per heavy atom. The van der Waals surface area contributed by atoms with E-state index in [1.165, 1.54) is 6.07 Å². The minimum Gasteiger partial charge on any atom is -0.389 e. The van der Waals surface area contributed by atoms with Crippen molar-refractivity contribution in [2.24, 2.45) is 5.92 Å². The lowest BCUT2D eigenvalue weighted by atomic mass is 9.71. The Labute approximate surface area is 149 Å². The number of piperidine rings is 1. The standard InChI is InChI=1S/C18H22F4N2O2/c19-15-5-4-12(9-14(15)18(20,21)22)10-23-16(25)24-8-7-17(26)6-2-1-3-13(17)11-24/h4-5,9,13,26H,1-3,6-8,10-11H2,(H,23,25)/t13-,17-/m0/s1. The highest BCUT2D eigenvalue weighted by Gasteiger charge is 2.43. The molecule has 8 heteroatoms. The minimum absolute atomic E-state index is 0.0402. The van der Waals surface area contributed by atoms with Gasteiger partial charge in [0.15, 0.2) is 0 Å². The molecule has 2 N–H and O–H groups in total. The summed E-state index contributed by atoms with van der Waals surface area (Å²) in [6.07, 6.45) is -0.623. The second-order valence-electron chi connectivity index (χ2n) is 7.21. The lowest BCUT2D eigenvalue weighted by Crippen LogP contribution is -2.56. The van der Waals surface area contributed by atoms with Crippen molar-refractivity contribution in [2.75, 3.05) is 13.1 Å². The molecule has 1 aromatic rings. The summed E-state index contributed by atoms with van der Waals surface area (Å²) < 4.78 is 51.6. The van der Waals surface area contributed by atoms with Gasteiger partial charge in [0.05, 0.1) is 11.2 Å². The first-order valence-corrected chi connectivity index (χ1v) is 8.80. The third-order valence-electron chi connectivity index (χ3n) is 5.49. The van der Waals surface area contributed by atoms with Crippen molar-refractivity contribution in [3.63, 3.8) is 0 Å². The Morgan fingerprint density at radius 1 is 1.31 bits per heavy atom. The zero-order chi connectivity index (χ0) is 18.9. The zero-order valence-electron chi connectivity index (χ0n) is 14.3. The van der Waals surface area contributed by atoms with Crippen LogP contribution in [0.3, 0.4) is 0 Å². The highest BCUT2D eigenvalue weighted by Crippen LogP contribution is 2.39. The third-order valence-corrected chi connectivity index (χ3v) is 5.49. The Kier molecular flexibility index (Phi) is 5.14. The molecular weight excluding hydrogens is 352 g/mol. The van der Waals surface area contributed by atoms with E-state index < -0.39 is 23.2 Å². The Bertz CT molecular complexity index is 680. The van der Waals surface area contributed by atoms with Gasteiger partial charge in [-0.05, 0) is 37.0 Å². The van der Waals surface area contributed by atoms with E-state index in [1.54, 1.807) is 4.90 Å². The van der Waals surface area contributed by atoms with Crippen LogP contribution in [0.5, 0.6) is 0 Å². The van der Waals surface area contributed by atoms with E-state index in [4.69, 9.17) is 0 Å². The van der Waals surface area contributed by atoms with Crippen LogP contribution >= 0.6 is 0 Å². The molecule has 0 radical (unpaired) electrons. The van der Waals surface area contributed by atoms with E-state index in [-0.39, 0.29) is 24.1 Å². The fraction of sp³-hybridized carbons (Fsp3) is 0.611. The van der Waals surface area contributed by atoms with Gasteiger partial charge in [-0.3, -0.25) is 0 Å². The summed E-state index contributed by atoms with van der Waals surface area (Å²) in [5.41, 5.74) is -1.86. The van der Waals surface area contributed by atoms with E-state index in [1.807, 2.05) is 0 Å². The molecule has 1 saturated carbocycles. The van der Waals surface area contributed by atoms with Crippen LogP contribution in [0, 0.1) is 11.7 Å². The lowest BCUT2D eigenvalue weighted by molar-refractivity contribution is -0.140. The van der Waals surface area contributed by atoms with Crippen LogP contribution in [-0.4, -0.2) is 34.7 Å². The van der Waals surface area contributed by atoms with Crippen molar-refractivity contribution >= 4 is 6.03 Å². The molecule has 1 saturated heterocycles. The molecule has 3 rings (SSSR count). The number of fused-ring (bicyclic) bond motifs is 1. The number of carbonyl (C=O) groups is 1. The molecule has 1 heterocycles. The smallest absolute Gasteiger partial charge is 0.389 e. The Hall–Kier alpha value is -1.83. The first-order chi connectivity index (χ1) is 12.2. The van der Waals surface area contributed by atoms with Gasteiger partial charge >= 0.3 is 12.2 Å². The summed E-state index contributed by atoms with van der Waals surface area (Å²) >= 11 is 0. The predicted molar refractivity (Wildman–Crippen MR) is 86.7 cm³/mol. The van der Waals surface area contributed by atoms with Crippen LogP contribution in [0.15, 0.2) is 18.2 Å². The van der Waals surface area contributed by atoms with E-state index in [0.717, 1.165) is 31.7 Å². The van der Waals surface area contributed by atoms with Crippen LogP contribution in [0.2, 0.25) is 0 Å². The maximum absolute atomic E-state index is 13.3. The summed E-state index contributed by atoms with van der Waals surface area (Å²) in [7, 11) is 0. The number of amides is 2. The fourth-order valence-electron chi connectivity index (χ4n) is 3.94. The number of nitrogens with one attached hydrogen (secondary N) is 1. The molecule has 2 aliphatic rings. The molecule has 0 aromatic heterocycles. The van der Waals surface area contributed by atoms with Crippen LogP contribution in [0.1, 0.15) is 43.2 Å². The molecule has 2 fully saturated rings. The molecule has 1 aliphatic heterocycles. The highest BCUT2D eigenvalue weighted by molar-refractivity contribution is 5.74. The van der Waals surface area contributed by atoms with Crippen LogP contribution in [0.4, 0.5) is 22.4 Å². The summed E-state index contributed by atoms with van der Waals surface area (Å²) in [6.45, 7) is 0.739. The van der Waals surface area contributed by atoms with Gasteiger partial charge in [-0.2, -0.15) is 13.2 Å². The number of benzene rings is 1. The number of aliphatic hydroxyl groups is 1. The average molecular weight is 374 g/mol. The number of rotatable bonds is 2. The van der Waals surface area contributed by atoms with E-state index in [2.05, 4.69) is 5.32 Å². The quantitative estimate of drug-likeness (QED) is 0.776. The van der Waals surface area contributed by atoms with E-state index in [0.29, 0.717) is 25.6 Å². The minimum atomic E-state index is -4.78. The summed E-state index contributed by atoms with van der Waals surface area (Å²) in [6, 6.07) is 2.32. The van der Waals surface area contributed by atoms with E-state index >= 15 is 0 Å². The van der Waals surface area contributed by atoms with Crippen molar-refractivity contribution in [2.45, 2.75) is 50.4 Å². The van der Waals surface area contributed by atoms with E-state index in [9.17, 15) is 27.5 Å². The van der Waals surface area contributed by atoms with Gasteiger partial charge in [-0.15, -0.1) is 0 Å². The number of alkyl halides is 3. The van der Waals surface area contributed by atoms with Crippen molar-refractivity contribution in [3.8, 4) is 0 Å². The second kappa shape index (κ2) is 7.06. The van der Waals surface area contributed by atoms with Crippen LogP contribution in [0.25, 0.3) is 0 Å². The number of carbonyl (C=O) groups excluding carboxylic acids is 1. The largest absolute Gasteiger partial charge is 0.419 e. The molecular formula is C18H22F4N2O2. The van der Waals surface area contributed by atoms with Gasteiger partial charge in [-0.25, -0.2) is 9.18 Å². The molecule has 0 bridgehead atoms. The average Bonchev–Trinajstić information content (AvgIpc) is 2.59. The first-order valence-electron chi connectivity index (χ1n) is 8.80. The summed E-state index contributed by atoms with van der Waals surface area (Å²) in [5, 5.41) is 13.2. The van der Waals surface area contributed by atoms with Gasteiger partial charge in [0.25, 0.3) is 0 Å². The van der Waals surface area contributed by atoms with Gasteiger partial charge in [0.2, 0.25) is 0 Å². The number of hydrogen-bond acceptors (Lipinski definition) is 2. The second-order valence-corrected chi connectivity index (χ2v) is 7.21. The molecule has 26 heavy (non-hydrogen) atoms. The topological polar surface area (TPSA) is 52.6 Å². The number of halogens is 4. The van der Waals surface area contributed by atoms with Crippen LogP contribution < -0.4 is 5.32 Å². The number of nitrogens with zero attached hydrogens (tertiary/aromatic N) is 1. The maximum Gasteiger partial charge on any atom is 0.419 e. The Balaban J connectivity index is 1.59. The molecule has 0 spiro atoms. The lowest BCUT2D eigenvalue weighted by Gasteiger charge is -2.47. The number of likely N-dealkylation sites (tertiary alicyclic amines) is 1. The monoisotopic (exact) mass is 374 g/mol. The number of hydrogen-bond donors (Lipinski definition) is 2. The summed E-state index contributed by atoms with van der Waals surface area (Å²) in [5.74, 6) is -1.29. The molecule has 144 valence electrons. The van der Waals surface area contributed by atoms with Gasteiger partial charge in [0, 0.05) is 25.6 Å². The molecule has 4 nitrogen and oxygen atoms in total. The molecule has 2 atom stereocenters. The normalized spacial score (nSPS) is 26.3. The first kappa shape index (κ1) is 18.9. The third kappa shape index (κ3) is 3.95.